The summed E-state index contributed by atoms with van der Waals surface area (Å²) in [6.45, 7) is 4.47. The van der Waals surface area contributed by atoms with E-state index >= 15 is 0 Å². The number of carbonyl (C=O) groups excluding carboxylic acids is 2. The lowest BCUT2D eigenvalue weighted by Gasteiger charge is -2.31. The molecule has 0 aromatic heterocycles. The van der Waals surface area contributed by atoms with Crippen molar-refractivity contribution in [3.8, 4) is 5.75 Å². The standard InChI is InChI=1S/C21H23ClN2O3/c1-14(2)21(26)24-11-3-4-15-12-17(7-10-19(15)24)23-20(25)13-27-18-8-5-16(22)6-9-18/h5-10,12,14H,3-4,11,13H2,1-2H3,(H,23,25). The van der Waals surface area contributed by atoms with Gasteiger partial charge in [0.25, 0.3) is 5.91 Å². The largest absolute Gasteiger partial charge is 0.484 e. The fourth-order valence-corrected chi connectivity index (χ4v) is 3.22. The maximum absolute atomic E-state index is 12.4. The van der Waals surface area contributed by atoms with Gasteiger partial charge < -0.3 is 15.0 Å². The first-order chi connectivity index (χ1) is 12.9. The van der Waals surface area contributed by atoms with Gasteiger partial charge in [-0.15, -0.1) is 0 Å². The molecule has 0 fully saturated rings. The second kappa shape index (κ2) is 8.44. The number of nitrogens with one attached hydrogen (secondary N) is 1. The number of anilines is 2. The highest BCUT2D eigenvalue weighted by atomic mass is 35.5. The molecule has 1 aliphatic rings. The molecule has 142 valence electrons. The number of hydrogen-bond donors (Lipinski definition) is 1. The number of fused-ring (bicyclic) bond motifs is 1. The zero-order valence-electron chi connectivity index (χ0n) is 15.5. The van der Waals surface area contributed by atoms with Crippen molar-refractivity contribution in [2.75, 3.05) is 23.4 Å². The van der Waals surface area contributed by atoms with Crippen molar-refractivity contribution in [2.45, 2.75) is 26.7 Å². The molecule has 0 spiro atoms. The van der Waals surface area contributed by atoms with Gasteiger partial charge in [-0.25, -0.2) is 0 Å². The Hall–Kier alpha value is -2.53. The minimum absolute atomic E-state index is 0.0413. The van der Waals surface area contributed by atoms with Gasteiger partial charge in [0.2, 0.25) is 5.91 Å². The molecule has 2 amide bonds. The summed E-state index contributed by atoms with van der Waals surface area (Å²) in [6.07, 6.45) is 1.81. The third-order valence-corrected chi connectivity index (χ3v) is 4.68. The van der Waals surface area contributed by atoms with Gasteiger partial charge in [-0.2, -0.15) is 0 Å². The van der Waals surface area contributed by atoms with Crippen molar-refractivity contribution in [1.82, 2.24) is 0 Å². The molecule has 0 unspecified atom stereocenters. The number of hydrogen-bond acceptors (Lipinski definition) is 3. The van der Waals surface area contributed by atoms with E-state index < -0.39 is 0 Å². The van der Waals surface area contributed by atoms with Crippen molar-refractivity contribution in [3.63, 3.8) is 0 Å². The number of nitrogens with zero attached hydrogens (tertiary/aromatic N) is 1. The molecule has 0 saturated heterocycles. The number of amides is 2. The molecule has 1 heterocycles. The smallest absolute Gasteiger partial charge is 0.262 e. The topological polar surface area (TPSA) is 58.6 Å². The number of halogens is 1. The van der Waals surface area contributed by atoms with Crippen LogP contribution in [0.3, 0.4) is 0 Å². The van der Waals surface area contributed by atoms with E-state index in [4.69, 9.17) is 16.3 Å². The number of carbonyl (C=O) groups is 2. The van der Waals surface area contributed by atoms with Crippen molar-refractivity contribution >= 4 is 34.8 Å². The highest BCUT2D eigenvalue weighted by Gasteiger charge is 2.24. The summed E-state index contributed by atoms with van der Waals surface area (Å²) in [5, 5.41) is 3.46. The van der Waals surface area contributed by atoms with Crippen molar-refractivity contribution in [3.05, 3.63) is 53.1 Å². The van der Waals surface area contributed by atoms with Crippen LogP contribution >= 0.6 is 11.6 Å². The monoisotopic (exact) mass is 386 g/mol. The van der Waals surface area contributed by atoms with Crippen LogP contribution < -0.4 is 15.0 Å². The minimum atomic E-state index is -0.240. The van der Waals surface area contributed by atoms with E-state index in [-0.39, 0.29) is 24.3 Å². The molecule has 0 radical (unpaired) electrons. The van der Waals surface area contributed by atoms with Crippen molar-refractivity contribution in [1.29, 1.82) is 0 Å². The zero-order chi connectivity index (χ0) is 19.4. The Morgan fingerprint density at radius 3 is 2.63 bits per heavy atom. The van der Waals surface area contributed by atoms with Crippen molar-refractivity contribution < 1.29 is 14.3 Å². The van der Waals surface area contributed by atoms with Crippen LogP contribution in [0.5, 0.6) is 5.75 Å². The van der Waals surface area contributed by atoms with Crippen LogP contribution in [0.1, 0.15) is 25.8 Å². The Bertz CT molecular complexity index is 834. The van der Waals surface area contributed by atoms with Crippen LogP contribution in [0.4, 0.5) is 11.4 Å². The van der Waals surface area contributed by atoms with Gasteiger partial charge in [0.1, 0.15) is 5.75 Å². The predicted molar refractivity (Wildman–Crippen MR) is 108 cm³/mol. The Morgan fingerprint density at radius 2 is 1.93 bits per heavy atom. The van der Waals surface area contributed by atoms with E-state index in [1.807, 2.05) is 36.9 Å². The molecule has 0 atom stereocenters. The average Bonchev–Trinajstić information content (AvgIpc) is 2.66. The Labute approximate surface area is 164 Å². The molecule has 0 aliphatic carbocycles. The number of aryl methyl sites for hydroxylation is 1. The van der Waals surface area contributed by atoms with Crippen LogP contribution in [0.15, 0.2) is 42.5 Å². The van der Waals surface area contributed by atoms with Crippen molar-refractivity contribution in [2.24, 2.45) is 5.92 Å². The first kappa shape index (κ1) is 19.2. The summed E-state index contributed by atoms with van der Waals surface area (Å²) < 4.78 is 5.46. The predicted octanol–water partition coefficient (Wildman–Crippen LogP) is 4.29. The van der Waals surface area contributed by atoms with Crippen LogP contribution in [0, 0.1) is 5.92 Å². The summed E-state index contributed by atoms with van der Waals surface area (Å²) >= 11 is 5.83. The summed E-state index contributed by atoms with van der Waals surface area (Å²) in [5.74, 6) is 0.433. The number of ether oxygens (including phenoxy) is 1. The number of benzene rings is 2. The molecular formula is C21H23ClN2O3. The normalized spacial score (nSPS) is 13.3. The first-order valence-electron chi connectivity index (χ1n) is 9.06. The van der Waals surface area contributed by atoms with E-state index in [1.54, 1.807) is 24.3 Å². The summed E-state index contributed by atoms with van der Waals surface area (Å²) in [4.78, 5) is 26.4. The van der Waals surface area contributed by atoms with Gasteiger partial charge >= 0.3 is 0 Å². The Morgan fingerprint density at radius 1 is 1.19 bits per heavy atom. The molecule has 3 rings (SSSR count). The highest BCUT2D eigenvalue weighted by Crippen LogP contribution is 2.30. The van der Waals surface area contributed by atoms with Crippen LogP contribution in [0.2, 0.25) is 5.02 Å². The van der Waals surface area contributed by atoms with E-state index in [0.717, 1.165) is 30.6 Å². The molecule has 6 heteroatoms. The third-order valence-electron chi connectivity index (χ3n) is 4.43. The van der Waals surface area contributed by atoms with E-state index in [2.05, 4.69) is 5.32 Å². The van der Waals surface area contributed by atoms with Gasteiger partial charge in [-0.3, -0.25) is 9.59 Å². The summed E-state index contributed by atoms with van der Waals surface area (Å²) in [7, 11) is 0. The average molecular weight is 387 g/mol. The SMILES string of the molecule is CC(C)C(=O)N1CCCc2cc(NC(=O)COc3ccc(Cl)cc3)ccc21. The Kier molecular flexibility index (Phi) is 6.01. The molecule has 1 aliphatic heterocycles. The lowest BCUT2D eigenvalue weighted by molar-refractivity contribution is -0.121. The molecule has 0 bridgehead atoms. The third kappa shape index (κ3) is 4.80. The molecule has 5 nitrogen and oxygen atoms in total. The first-order valence-corrected chi connectivity index (χ1v) is 9.44. The fraction of sp³-hybridized carbons (Fsp3) is 0.333. The van der Waals surface area contributed by atoms with E-state index in [9.17, 15) is 9.59 Å². The second-order valence-electron chi connectivity index (χ2n) is 6.88. The molecule has 2 aromatic carbocycles. The lowest BCUT2D eigenvalue weighted by atomic mass is 9.99. The Balaban J connectivity index is 1.63. The van der Waals surface area contributed by atoms with Gasteiger partial charge in [-0.1, -0.05) is 25.4 Å². The maximum atomic E-state index is 12.4. The number of rotatable bonds is 5. The van der Waals surface area contributed by atoms with E-state index in [0.29, 0.717) is 16.5 Å². The minimum Gasteiger partial charge on any atom is -0.484 e. The molecule has 1 N–H and O–H groups in total. The van der Waals surface area contributed by atoms with E-state index in [1.165, 1.54) is 0 Å². The molecule has 27 heavy (non-hydrogen) atoms. The quantitative estimate of drug-likeness (QED) is 0.833. The summed E-state index contributed by atoms with van der Waals surface area (Å²) in [6, 6.07) is 12.5. The van der Waals surface area contributed by atoms with Crippen LogP contribution in [-0.2, 0) is 16.0 Å². The van der Waals surface area contributed by atoms with Crippen LogP contribution in [0.25, 0.3) is 0 Å². The van der Waals surface area contributed by atoms with Gasteiger partial charge in [0.15, 0.2) is 6.61 Å². The van der Waals surface area contributed by atoms with Gasteiger partial charge in [0.05, 0.1) is 0 Å². The maximum Gasteiger partial charge on any atom is 0.262 e. The zero-order valence-corrected chi connectivity index (χ0v) is 16.3. The van der Waals surface area contributed by atoms with Gasteiger partial charge in [0, 0.05) is 28.9 Å². The fourth-order valence-electron chi connectivity index (χ4n) is 3.09. The molecule has 2 aromatic rings. The summed E-state index contributed by atoms with van der Waals surface area (Å²) in [5.41, 5.74) is 2.72. The molecule has 0 saturated carbocycles. The lowest BCUT2D eigenvalue weighted by Crippen LogP contribution is -2.38. The second-order valence-corrected chi connectivity index (χ2v) is 7.32. The molecular weight excluding hydrogens is 364 g/mol. The highest BCUT2D eigenvalue weighted by molar-refractivity contribution is 6.30. The van der Waals surface area contributed by atoms with Crippen LogP contribution in [-0.4, -0.2) is 25.0 Å². The van der Waals surface area contributed by atoms with Gasteiger partial charge in [-0.05, 0) is 60.9 Å².